The predicted molar refractivity (Wildman–Crippen MR) is 67.6 cm³/mol. The molecule has 0 amide bonds. The first-order valence-corrected chi connectivity index (χ1v) is 6.13. The van der Waals surface area contributed by atoms with Crippen LogP contribution in [0.15, 0.2) is 24.3 Å². The van der Waals surface area contributed by atoms with Crippen molar-refractivity contribution in [2.75, 3.05) is 19.0 Å². The quantitative estimate of drug-likeness (QED) is 0.597. The monoisotopic (exact) mass is 243 g/mol. The van der Waals surface area contributed by atoms with Crippen LogP contribution in [0.5, 0.6) is 0 Å². The van der Waals surface area contributed by atoms with E-state index in [0.717, 1.165) is 25.1 Å². The molecular formula is C13H19ClFN. The molecule has 1 aromatic carbocycles. The van der Waals surface area contributed by atoms with Gasteiger partial charge >= 0.3 is 0 Å². The zero-order valence-corrected chi connectivity index (χ0v) is 10.6. The topological polar surface area (TPSA) is 12.0 Å². The maximum atomic E-state index is 13.6. The van der Waals surface area contributed by atoms with Gasteiger partial charge in [-0.05, 0) is 24.6 Å². The summed E-state index contributed by atoms with van der Waals surface area (Å²) in [5, 5.41) is 3.30. The summed E-state index contributed by atoms with van der Waals surface area (Å²) < 4.78 is 13.6. The highest BCUT2D eigenvalue weighted by Crippen LogP contribution is 2.24. The Kier molecular flexibility index (Phi) is 5.23. The standard InChI is InChI=1S/C13H19ClFN/c1-13(2,10-16-9-5-8-14)11-6-3-4-7-12(11)15/h3-4,6-7,16H,5,8-10H2,1-2H3. The van der Waals surface area contributed by atoms with E-state index in [1.165, 1.54) is 6.07 Å². The van der Waals surface area contributed by atoms with Crippen molar-refractivity contribution in [3.05, 3.63) is 35.6 Å². The van der Waals surface area contributed by atoms with Crippen molar-refractivity contribution >= 4 is 11.6 Å². The first-order valence-electron chi connectivity index (χ1n) is 5.59. The number of alkyl halides is 1. The number of nitrogens with one attached hydrogen (secondary N) is 1. The van der Waals surface area contributed by atoms with Crippen molar-refractivity contribution in [2.24, 2.45) is 0 Å². The molecule has 90 valence electrons. The molecule has 0 saturated carbocycles. The lowest BCUT2D eigenvalue weighted by Crippen LogP contribution is -2.34. The van der Waals surface area contributed by atoms with Crippen molar-refractivity contribution < 1.29 is 4.39 Å². The second-order valence-corrected chi connectivity index (χ2v) is 4.96. The van der Waals surface area contributed by atoms with E-state index in [0.29, 0.717) is 5.88 Å². The summed E-state index contributed by atoms with van der Waals surface area (Å²) in [6, 6.07) is 6.95. The predicted octanol–water partition coefficient (Wildman–Crippen LogP) is 3.32. The molecule has 0 aliphatic rings. The van der Waals surface area contributed by atoms with E-state index in [-0.39, 0.29) is 11.2 Å². The fourth-order valence-corrected chi connectivity index (χ4v) is 1.83. The Balaban J connectivity index is 2.59. The van der Waals surface area contributed by atoms with Gasteiger partial charge in [-0.15, -0.1) is 11.6 Å². The summed E-state index contributed by atoms with van der Waals surface area (Å²) in [5.74, 6) is 0.527. The van der Waals surface area contributed by atoms with E-state index in [1.54, 1.807) is 6.07 Å². The maximum absolute atomic E-state index is 13.6. The lowest BCUT2D eigenvalue weighted by molar-refractivity contribution is 0.445. The van der Waals surface area contributed by atoms with E-state index in [2.05, 4.69) is 5.32 Å². The lowest BCUT2D eigenvalue weighted by atomic mass is 9.84. The first kappa shape index (κ1) is 13.5. The van der Waals surface area contributed by atoms with E-state index in [9.17, 15) is 4.39 Å². The number of hydrogen-bond donors (Lipinski definition) is 1. The molecule has 3 heteroatoms. The van der Waals surface area contributed by atoms with Crippen LogP contribution in [-0.4, -0.2) is 19.0 Å². The largest absolute Gasteiger partial charge is 0.316 e. The SMILES string of the molecule is CC(C)(CNCCCCl)c1ccccc1F. The molecule has 0 atom stereocenters. The van der Waals surface area contributed by atoms with Crippen molar-refractivity contribution in [1.29, 1.82) is 0 Å². The zero-order valence-electron chi connectivity index (χ0n) is 9.89. The van der Waals surface area contributed by atoms with Gasteiger partial charge in [0, 0.05) is 17.8 Å². The molecule has 1 N–H and O–H groups in total. The van der Waals surface area contributed by atoms with Gasteiger partial charge in [0.15, 0.2) is 0 Å². The number of benzene rings is 1. The highest BCUT2D eigenvalue weighted by atomic mass is 35.5. The third kappa shape index (κ3) is 3.76. The Morgan fingerprint density at radius 2 is 2.00 bits per heavy atom. The van der Waals surface area contributed by atoms with Crippen LogP contribution in [-0.2, 0) is 5.41 Å². The van der Waals surface area contributed by atoms with Gasteiger partial charge in [-0.25, -0.2) is 4.39 Å². The molecule has 0 saturated heterocycles. The van der Waals surface area contributed by atoms with Crippen molar-refractivity contribution in [1.82, 2.24) is 5.32 Å². The number of rotatable bonds is 6. The first-order chi connectivity index (χ1) is 7.58. The minimum atomic E-state index is -0.197. The minimum Gasteiger partial charge on any atom is -0.316 e. The Labute approximate surface area is 102 Å². The summed E-state index contributed by atoms with van der Waals surface area (Å²) in [6.07, 6.45) is 0.939. The number of hydrogen-bond acceptors (Lipinski definition) is 1. The van der Waals surface area contributed by atoms with Gasteiger partial charge in [-0.3, -0.25) is 0 Å². The molecule has 0 fully saturated rings. The molecule has 0 aromatic heterocycles. The molecule has 0 aliphatic heterocycles. The Hall–Kier alpha value is -0.600. The second-order valence-electron chi connectivity index (χ2n) is 4.58. The fourth-order valence-electron chi connectivity index (χ4n) is 1.70. The molecule has 0 bridgehead atoms. The van der Waals surface area contributed by atoms with E-state index in [4.69, 9.17) is 11.6 Å². The molecule has 16 heavy (non-hydrogen) atoms. The number of halogens is 2. The van der Waals surface area contributed by atoms with Crippen LogP contribution in [0.1, 0.15) is 25.8 Å². The van der Waals surface area contributed by atoms with Crippen LogP contribution >= 0.6 is 11.6 Å². The summed E-state index contributed by atoms with van der Waals surface area (Å²) >= 11 is 5.59. The second kappa shape index (κ2) is 6.21. The third-order valence-corrected chi connectivity index (χ3v) is 2.92. The third-order valence-electron chi connectivity index (χ3n) is 2.66. The van der Waals surface area contributed by atoms with Crippen LogP contribution in [0.2, 0.25) is 0 Å². The molecular weight excluding hydrogens is 225 g/mol. The molecule has 0 aliphatic carbocycles. The Bertz CT molecular complexity index is 325. The molecule has 1 nitrogen and oxygen atoms in total. The van der Waals surface area contributed by atoms with Crippen molar-refractivity contribution in [3.63, 3.8) is 0 Å². The fraction of sp³-hybridized carbons (Fsp3) is 0.538. The average molecular weight is 244 g/mol. The van der Waals surface area contributed by atoms with Crippen molar-refractivity contribution in [3.8, 4) is 0 Å². The summed E-state index contributed by atoms with van der Waals surface area (Å²) in [6.45, 7) is 5.71. The van der Waals surface area contributed by atoms with Crippen LogP contribution < -0.4 is 5.32 Å². The van der Waals surface area contributed by atoms with Gasteiger partial charge in [0.1, 0.15) is 5.82 Å². The minimum absolute atomic E-state index is 0.133. The average Bonchev–Trinajstić information content (AvgIpc) is 2.25. The molecule has 0 heterocycles. The zero-order chi connectivity index (χ0) is 12.0. The van der Waals surface area contributed by atoms with Gasteiger partial charge in [0.25, 0.3) is 0 Å². The Morgan fingerprint density at radius 1 is 1.31 bits per heavy atom. The van der Waals surface area contributed by atoms with E-state index in [1.807, 2.05) is 26.0 Å². The molecule has 1 rings (SSSR count). The summed E-state index contributed by atoms with van der Waals surface area (Å²) in [5.41, 5.74) is 0.561. The summed E-state index contributed by atoms with van der Waals surface area (Å²) in [4.78, 5) is 0. The normalized spacial score (nSPS) is 11.8. The van der Waals surface area contributed by atoms with E-state index < -0.39 is 0 Å². The smallest absolute Gasteiger partial charge is 0.126 e. The van der Waals surface area contributed by atoms with Crippen molar-refractivity contribution in [2.45, 2.75) is 25.7 Å². The molecule has 0 unspecified atom stereocenters. The lowest BCUT2D eigenvalue weighted by Gasteiger charge is -2.26. The van der Waals surface area contributed by atoms with E-state index >= 15 is 0 Å². The van der Waals surface area contributed by atoms with Gasteiger partial charge in [-0.2, -0.15) is 0 Å². The van der Waals surface area contributed by atoms with Gasteiger partial charge in [0.05, 0.1) is 0 Å². The van der Waals surface area contributed by atoms with Gasteiger partial charge in [0.2, 0.25) is 0 Å². The summed E-state index contributed by atoms with van der Waals surface area (Å²) in [7, 11) is 0. The van der Waals surface area contributed by atoms with Crippen LogP contribution in [0.4, 0.5) is 4.39 Å². The van der Waals surface area contributed by atoms with Crippen LogP contribution in [0, 0.1) is 5.82 Å². The highest BCUT2D eigenvalue weighted by Gasteiger charge is 2.22. The highest BCUT2D eigenvalue weighted by molar-refractivity contribution is 6.17. The van der Waals surface area contributed by atoms with Crippen LogP contribution in [0.3, 0.4) is 0 Å². The Morgan fingerprint density at radius 3 is 2.62 bits per heavy atom. The van der Waals surface area contributed by atoms with Gasteiger partial charge in [-0.1, -0.05) is 32.0 Å². The molecule has 0 spiro atoms. The van der Waals surface area contributed by atoms with Gasteiger partial charge < -0.3 is 5.32 Å². The molecule has 0 radical (unpaired) electrons. The maximum Gasteiger partial charge on any atom is 0.126 e. The molecule has 1 aromatic rings. The van der Waals surface area contributed by atoms with Crippen LogP contribution in [0.25, 0.3) is 0 Å².